The number of aryl methyl sites for hydroxylation is 1. The summed E-state index contributed by atoms with van der Waals surface area (Å²) in [5, 5.41) is 7.39. The zero-order valence-electron chi connectivity index (χ0n) is 21.5. The van der Waals surface area contributed by atoms with Crippen molar-refractivity contribution in [2.24, 2.45) is 5.41 Å². The number of carbonyl (C=O) groups excluding carboxylic acids is 1. The van der Waals surface area contributed by atoms with Crippen LogP contribution >= 0.6 is 0 Å². The van der Waals surface area contributed by atoms with Crippen LogP contribution in [0.3, 0.4) is 0 Å². The monoisotopic (exact) mass is 494 g/mol. The van der Waals surface area contributed by atoms with E-state index in [0.717, 1.165) is 11.3 Å². The Morgan fingerprint density at radius 1 is 0.946 bits per heavy atom. The second-order valence-corrected chi connectivity index (χ2v) is 9.76. The fraction of sp³-hybridized carbons (Fsp3) is 0.250. The van der Waals surface area contributed by atoms with Gasteiger partial charge in [0.2, 0.25) is 17.8 Å². The number of para-hydroxylation sites is 1. The quantitative estimate of drug-likeness (QED) is 0.328. The highest BCUT2D eigenvalue weighted by atomic mass is 16.2. The normalized spacial score (nSPS) is 11.6. The maximum Gasteiger partial charge on any atom is 0.234 e. The molecule has 37 heavy (non-hydrogen) atoms. The Bertz CT molecular complexity index is 1500. The van der Waals surface area contributed by atoms with Gasteiger partial charge in [-0.25, -0.2) is 9.67 Å². The molecule has 5 rings (SSSR count). The van der Waals surface area contributed by atoms with Crippen LogP contribution in [0.1, 0.15) is 33.3 Å². The minimum Gasteiger partial charge on any atom is -0.308 e. The molecule has 0 saturated carbocycles. The maximum atomic E-state index is 13.1. The van der Waals surface area contributed by atoms with Crippen molar-refractivity contribution in [3.8, 4) is 5.95 Å². The van der Waals surface area contributed by atoms with Gasteiger partial charge in [0, 0.05) is 30.0 Å². The number of aromatic nitrogens is 6. The van der Waals surface area contributed by atoms with E-state index in [4.69, 9.17) is 15.0 Å². The van der Waals surface area contributed by atoms with Crippen LogP contribution in [0.4, 0.5) is 17.5 Å². The third-order valence-electron chi connectivity index (χ3n) is 5.99. The van der Waals surface area contributed by atoms with Gasteiger partial charge >= 0.3 is 0 Å². The first-order valence-corrected chi connectivity index (χ1v) is 12.3. The summed E-state index contributed by atoms with van der Waals surface area (Å²) in [5.41, 5.74) is 2.57. The summed E-state index contributed by atoms with van der Waals surface area (Å²) in [6, 6.07) is 22.0. The van der Waals surface area contributed by atoms with Gasteiger partial charge in [-0.3, -0.25) is 9.36 Å². The number of hydrogen-bond acceptors (Lipinski definition) is 6. The zero-order chi connectivity index (χ0) is 26.0. The number of nitrogens with one attached hydrogen (secondary N) is 1. The first-order chi connectivity index (χ1) is 17.8. The molecule has 0 fully saturated rings. The highest BCUT2D eigenvalue weighted by Gasteiger charge is 2.26. The van der Waals surface area contributed by atoms with E-state index in [1.165, 1.54) is 0 Å². The second-order valence-electron chi connectivity index (χ2n) is 9.76. The number of rotatable bonds is 7. The van der Waals surface area contributed by atoms with E-state index in [-0.39, 0.29) is 5.91 Å². The molecule has 3 aromatic heterocycles. The van der Waals surface area contributed by atoms with Gasteiger partial charge in [0.05, 0.1) is 6.54 Å². The van der Waals surface area contributed by atoms with E-state index in [1.54, 1.807) is 10.9 Å². The maximum absolute atomic E-state index is 13.1. The predicted molar refractivity (Wildman–Crippen MR) is 145 cm³/mol. The highest BCUT2D eigenvalue weighted by Crippen LogP contribution is 2.31. The molecule has 2 aromatic carbocycles. The van der Waals surface area contributed by atoms with Crippen molar-refractivity contribution in [2.75, 3.05) is 10.2 Å². The van der Waals surface area contributed by atoms with Crippen molar-refractivity contribution in [1.82, 2.24) is 29.3 Å². The molecule has 9 heteroatoms. The van der Waals surface area contributed by atoms with Gasteiger partial charge in [0.1, 0.15) is 0 Å². The van der Waals surface area contributed by atoms with Crippen LogP contribution in [-0.2, 0) is 17.9 Å². The molecule has 0 atom stereocenters. The van der Waals surface area contributed by atoms with Crippen LogP contribution in [0.5, 0.6) is 0 Å². The van der Waals surface area contributed by atoms with Crippen molar-refractivity contribution in [3.05, 3.63) is 84.7 Å². The van der Waals surface area contributed by atoms with Gasteiger partial charge in [-0.1, -0.05) is 69.3 Å². The number of amides is 1. The summed E-state index contributed by atoms with van der Waals surface area (Å²) in [4.78, 5) is 29.8. The Morgan fingerprint density at radius 3 is 2.27 bits per heavy atom. The van der Waals surface area contributed by atoms with Gasteiger partial charge < -0.3 is 10.2 Å². The van der Waals surface area contributed by atoms with Crippen LogP contribution < -0.4 is 10.2 Å². The average molecular weight is 495 g/mol. The average Bonchev–Trinajstić information content (AvgIpc) is 3.56. The molecule has 0 aliphatic heterocycles. The molecular weight excluding hydrogens is 464 g/mol. The van der Waals surface area contributed by atoms with Gasteiger partial charge in [-0.05, 0) is 30.7 Å². The lowest BCUT2D eigenvalue weighted by molar-refractivity contribution is -0.123. The number of hydrogen-bond donors (Lipinski definition) is 1. The van der Waals surface area contributed by atoms with Gasteiger partial charge in [0.15, 0.2) is 17.0 Å². The van der Waals surface area contributed by atoms with Crippen molar-refractivity contribution < 1.29 is 4.79 Å². The van der Waals surface area contributed by atoms with Crippen molar-refractivity contribution in [1.29, 1.82) is 0 Å². The van der Waals surface area contributed by atoms with Gasteiger partial charge in [0.25, 0.3) is 0 Å². The molecule has 0 spiro atoms. The molecule has 0 aliphatic rings. The molecule has 188 valence electrons. The Labute approximate surface area is 215 Å². The lowest BCUT2D eigenvalue weighted by Gasteiger charge is -2.24. The number of benzene rings is 2. The van der Waals surface area contributed by atoms with E-state index in [1.807, 2.05) is 98.0 Å². The summed E-state index contributed by atoms with van der Waals surface area (Å²) >= 11 is 0. The summed E-state index contributed by atoms with van der Waals surface area (Å²) in [7, 11) is 0. The summed E-state index contributed by atoms with van der Waals surface area (Å²) in [6.07, 6.45) is 3.54. The number of nitrogens with zero attached hydrogens (tertiary/aromatic N) is 7. The van der Waals surface area contributed by atoms with Crippen LogP contribution in [0.15, 0.2) is 79.1 Å². The minimum atomic E-state index is -0.612. The topological polar surface area (TPSA) is 93.8 Å². The molecule has 0 saturated heterocycles. The van der Waals surface area contributed by atoms with E-state index >= 15 is 0 Å². The van der Waals surface area contributed by atoms with E-state index in [0.29, 0.717) is 42.0 Å². The Morgan fingerprint density at radius 2 is 1.65 bits per heavy atom. The van der Waals surface area contributed by atoms with E-state index < -0.39 is 5.41 Å². The molecule has 3 heterocycles. The summed E-state index contributed by atoms with van der Waals surface area (Å²) in [6.45, 7) is 8.80. The first-order valence-electron chi connectivity index (χ1n) is 12.3. The number of fused-ring (bicyclic) bond motifs is 1. The lowest BCUT2D eigenvalue weighted by atomic mass is 9.96. The molecule has 0 aliphatic carbocycles. The Balaban J connectivity index is 1.73. The smallest absolute Gasteiger partial charge is 0.234 e. The van der Waals surface area contributed by atoms with E-state index in [2.05, 4.69) is 22.5 Å². The van der Waals surface area contributed by atoms with Crippen LogP contribution in [-0.4, -0.2) is 35.2 Å². The summed E-state index contributed by atoms with van der Waals surface area (Å²) < 4.78 is 3.67. The predicted octanol–water partition coefficient (Wildman–Crippen LogP) is 5.35. The molecule has 1 N–H and O–H groups in total. The largest absolute Gasteiger partial charge is 0.308 e. The fourth-order valence-corrected chi connectivity index (χ4v) is 3.99. The van der Waals surface area contributed by atoms with Gasteiger partial charge in [-0.2, -0.15) is 15.1 Å². The molecule has 0 radical (unpaired) electrons. The van der Waals surface area contributed by atoms with Gasteiger partial charge in [-0.15, -0.1) is 0 Å². The molecule has 0 unspecified atom stereocenters. The molecule has 5 aromatic rings. The van der Waals surface area contributed by atoms with Crippen molar-refractivity contribution >= 4 is 34.5 Å². The Kier molecular flexibility index (Phi) is 6.43. The third kappa shape index (κ3) is 4.93. The SMILES string of the molecule is CCn1c(-n2cccn2)nc2c(NC(=O)C(C)(C)C)nc(N(Cc3ccccc3)c3ccccc3)nc21. The fourth-order valence-electron chi connectivity index (χ4n) is 3.99. The highest BCUT2D eigenvalue weighted by molar-refractivity contribution is 6.00. The molecule has 0 bridgehead atoms. The third-order valence-corrected chi connectivity index (χ3v) is 5.99. The van der Waals surface area contributed by atoms with Crippen LogP contribution in [0.25, 0.3) is 17.1 Å². The van der Waals surface area contributed by atoms with Crippen molar-refractivity contribution in [3.63, 3.8) is 0 Å². The Hall–Kier alpha value is -4.53. The first kappa shape index (κ1) is 24.2. The van der Waals surface area contributed by atoms with E-state index in [9.17, 15) is 4.79 Å². The number of carbonyl (C=O) groups is 1. The number of anilines is 3. The standard InChI is InChI=1S/C28H30N8O/c1-5-34-24-22(30-27(34)36-18-12-17-29-36)23(31-25(37)28(2,3)4)32-26(33-24)35(21-15-10-7-11-16-21)19-20-13-8-6-9-14-20/h6-18H,5,19H2,1-4H3,(H,31,32,33,37). The molecule has 1 amide bonds. The second kappa shape index (κ2) is 9.85. The number of imidazole rings is 1. The summed E-state index contributed by atoms with van der Waals surface area (Å²) in [5.74, 6) is 1.29. The molecular formula is C28H30N8O. The van der Waals surface area contributed by atoms with Crippen LogP contribution in [0, 0.1) is 5.41 Å². The van der Waals surface area contributed by atoms with Crippen LogP contribution in [0.2, 0.25) is 0 Å². The lowest BCUT2D eigenvalue weighted by Crippen LogP contribution is -2.29. The van der Waals surface area contributed by atoms with Crippen molar-refractivity contribution in [2.45, 2.75) is 40.8 Å². The minimum absolute atomic E-state index is 0.153. The zero-order valence-corrected chi connectivity index (χ0v) is 21.5. The molecule has 9 nitrogen and oxygen atoms in total.